The Labute approximate surface area is 146 Å². The third-order valence-corrected chi connectivity index (χ3v) is 6.15. The van der Waals surface area contributed by atoms with Crippen molar-refractivity contribution in [1.29, 1.82) is 0 Å². The monoisotopic (exact) mass is 365 g/mol. The molecule has 1 aliphatic rings. The van der Waals surface area contributed by atoms with E-state index in [0.29, 0.717) is 36.5 Å². The number of carbonyl (C=O) groups is 1. The second-order valence-corrected chi connectivity index (χ2v) is 8.55. The first-order valence-electron chi connectivity index (χ1n) is 8.24. The molecular formula is C18H20FNO4S. The molecule has 1 aromatic carbocycles. The smallest absolute Gasteiger partial charge is 0.220 e. The fraction of sp³-hybridized carbons (Fsp3) is 0.389. The summed E-state index contributed by atoms with van der Waals surface area (Å²) in [4.78, 5) is 11.9. The van der Waals surface area contributed by atoms with Gasteiger partial charge in [0.05, 0.1) is 17.1 Å². The Morgan fingerprint density at radius 2 is 2.04 bits per heavy atom. The van der Waals surface area contributed by atoms with Crippen molar-refractivity contribution in [1.82, 2.24) is 5.32 Å². The minimum absolute atomic E-state index is 0.00483. The Morgan fingerprint density at radius 1 is 1.24 bits per heavy atom. The summed E-state index contributed by atoms with van der Waals surface area (Å²) in [5.41, 5.74) is 0.389. The van der Waals surface area contributed by atoms with Crippen LogP contribution in [-0.2, 0) is 21.1 Å². The van der Waals surface area contributed by atoms with Crippen LogP contribution < -0.4 is 5.32 Å². The van der Waals surface area contributed by atoms with Gasteiger partial charge in [-0.2, -0.15) is 0 Å². The molecule has 0 aliphatic carbocycles. The molecule has 0 saturated carbocycles. The van der Waals surface area contributed by atoms with E-state index < -0.39 is 9.84 Å². The third kappa shape index (κ3) is 4.69. The van der Waals surface area contributed by atoms with Crippen LogP contribution in [0.15, 0.2) is 40.8 Å². The Kier molecular flexibility index (Phi) is 5.22. The first-order valence-corrected chi connectivity index (χ1v) is 10.1. The summed E-state index contributed by atoms with van der Waals surface area (Å²) in [7, 11) is -2.92. The maximum Gasteiger partial charge on any atom is 0.220 e. The summed E-state index contributed by atoms with van der Waals surface area (Å²) >= 11 is 0. The standard InChI is InChI=1S/C18H20FNO4S/c19-16-4-2-1-3-15(16)17-7-5-14(24-17)6-8-18(21)20-11-13-9-10-25(22,23)12-13/h1-5,7,13H,6,8-12H2,(H,20,21). The molecule has 1 aliphatic heterocycles. The number of nitrogens with one attached hydrogen (secondary N) is 1. The molecule has 0 radical (unpaired) electrons. The molecule has 1 saturated heterocycles. The van der Waals surface area contributed by atoms with Crippen molar-refractivity contribution in [2.24, 2.45) is 5.92 Å². The van der Waals surface area contributed by atoms with Crippen LogP contribution in [0.25, 0.3) is 11.3 Å². The molecule has 25 heavy (non-hydrogen) atoms. The molecule has 1 aromatic heterocycles. The number of furan rings is 1. The first kappa shape index (κ1) is 17.7. The Morgan fingerprint density at radius 3 is 2.76 bits per heavy atom. The minimum Gasteiger partial charge on any atom is -0.461 e. The molecule has 3 rings (SSSR count). The van der Waals surface area contributed by atoms with Gasteiger partial charge in [-0.3, -0.25) is 4.79 Å². The lowest BCUT2D eigenvalue weighted by molar-refractivity contribution is -0.121. The fourth-order valence-corrected chi connectivity index (χ4v) is 4.80. The van der Waals surface area contributed by atoms with Gasteiger partial charge in [0, 0.05) is 19.4 Å². The molecule has 1 amide bonds. The number of carbonyl (C=O) groups excluding carboxylic acids is 1. The van der Waals surface area contributed by atoms with Crippen LogP contribution in [0.1, 0.15) is 18.6 Å². The van der Waals surface area contributed by atoms with Gasteiger partial charge < -0.3 is 9.73 Å². The predicted octanol–water partition coefficient (Wildman–Crippen LogP) is 2.57. The highest BCUT2D eigenvalue weighted by molar-refractivity contribution is 7.91. The molecule has 1 fully saturated rings. The number of hydrogen-bond donors (Lipinski definition) is 1. The topological polar surface area (TPSA) is 76.4 Å². The van der Waals surface area contributed by atoms with E-state index in [1.54, 1.807) is 30.3 Å². The maximum absolute atomic E-state index is 13.7. The van der Waals surface area contributed by atoms with Crippen molar-refractivity contribution >= 4 is 15.7 Å². The highest BCUT2D eigenvalue weighted by atomic mass is 32.2. The molecular weight excluding hydrogens is 345 g/mol. The molecule has 134 valence electrons. The zero-order chi connectivity index (χ0) is 17.9. The van der Waals surface area contributed by atoms with Gasteiger partial charge in [-0.15, -0.1) is 0 Å². The zero-order valence-corrected chi connectivity index (χ0v) is 14.5. The van der Waals surface area contributed by atoms with Crippen molar-refractivity contribution in [3.05, 3.63) is 48.0 Å². The summed E-state index contributed by atoms with van der Waals surface area (Å²) in [6, 6.07) is 9.78. The second kappa shape index (κ2) is 7.39. The molecule has 0 bridgehead atoms. The van der Waals surface area contributed by atoms with Gasteiger partial charge in [0.25, 0.3) is 0 Å². The van der Waals surface area contributed by atoms with Gasteiger partial charge in [-0.05, 0) is 36.6 Å². The van der Waals surface area contributed by atoms with E-state index in [9.17, 15) is 17.6 Å². The van der Waals surface area contributed by atoms with E-state index >= 15 is 0 Å². The molecule has 1 N–H and O–H groups in total. The Balaban J connectivity index is 1.47. The highest BCUT2D eigenvalue weighted by Crippen LogP contribution is 2.25. The van der Waals surface area contributed by atoms with E-state index in [1.165, 1.54) is 6.07 Å². The van der Waals surface area contributed by atoms with Crippen LogP contribution in [0.3, 0.4) is 0 Å². The molecule has 2 aromatic rings. The SMILES string of the molecule is O=C(CCc1ccc(-c2ccccc2F)o1)NCC1CCS(=O)(=O)C1. The second-order valence-electron chi connectivity index (χ2n) is 6.32. The summed E-state index contributed by atoms with van der Waals surface area (Å²) in [5.74, 6) is 0.906. The summed E-state index contributed by atoms with van der Waals surface area (Å²) in [6.07, 6.45) is 1.25. The van der Waals surface area contributed by atoms with Crippen LogP contribution in [0.2, 0.25) is 0 Å². The van der Waals surface area contributed by atoms with E-state index in [1.807, 2.05) is 0 Å². The number of rotatable bonds is 6. The number of benzene rings is 1. The average Bonchev–Trinajstić information content (AvgIpc) is 3.17. The summed E-state index contributed by atoms with van der Waals surface area (Å²) in [6.45, 7) is 0.386. The number of halogens is 1. The Hall–Kier alpha value is -2.15. The molecule has 5 nitrogen and oxygen atoms in total. The van der Waals surface area contributed by atoms with Crippen LogP contribution in [-0.4, -0.2) is 32.4 Å². The van der Waals surface area contributed by atoms with Crippen molar-refractivity contribution < 1.29 is 22.0 Å². The number of amides is 1. The van der Waals surface area contributed by atoms with Gasteiger partial charge in [0.15, 0.2) is 9.84 Å². The maximum atomic E-state index is 13.7. The number of hydrogen-bond acceptors (Lipinski definition) is 4. The first-order chi connectivity index (χ1) is 11.9. The highest BCUT2D eigenvalue weighted by Gasteiger charge is 2.27. The Bertz CT molecular complexity index is 859. The van der Waals surface area contributed by atoms with Gasteiger partial charge in [-0.1, -0.05) is 12.1 Å². The van der Waals surface area contributed by atoms with E-state index in [2.05, 4.69) is 5.32 Å². The largest absolute Gasteiger partial charge is 0.461 e. The van der Waals surface area contributed by atoms with Crippen LogP contribution >= 0.6 is 0 Å². The van der Waals surface area contributed by atoms with Crippen molar-refractivity contribution in [3.8, 4) is 11.3 Å². The van der Waals surface area contributed by atoms with E-state index in [4.69, 9.17) is 4.42 Å². The fourth-order valence-electron chi connectivity index (χ4n) is 2.93. The van der Waals surface area contributed by atoms with Crippen molar-refractivity contribution in [2.75, 3.05) is 18.1 Å². The van der Waals surface area contributed by atoms with Gasteiger partial charge >= 0.3 is 0 Å². The van der Waals surface area contributed by atoms with E-state index in [0.717, 1.165) is 0 Å². The van der Waals surface area contributed by atoms with Gasteiger partial charge in [0.1, 0.15) is 17.3 Å². The summed E-state index contributed by atoms with van der Waals surface area (Å²) < 4.78 is 42.1. The average molecular weight is 365 g/mol. The molecule has 2 heterocycles. The third-order valence-electron chi connectivity index (χ3n) is 4.31. The molecule has 1 atom stereocenters. The number of aryl methyl sites for hydroxylation is 1. The van der Waals surface area contributed by atoms with Crippen LogP contribution in [0.4, 0.5) is 4.39 Å². The minimum atomic E-state index is -2.92. The van der Waals surface area contributed by atoms with E-state index in [-0.39, 0.29) is 35.6 Å². The molecule has 1 unspecified atom stereocenters. The van der Waals surface area contributed by atoms with Crippen LogP contribution in [0.5, 0.6) is 0 Å². The lowest BCUT2D eigenvalue weighted by Crippen LogP contribution is -2.29. The molecule has 7 heteroatoms. The quantitative estimate of drug-likeness (QED) is 0.854. The molecule has 0 spiro atoms. The van der Waals surface area contributed by atoms with Crippen LogP contribution in [0, 0.1) is 11.7 Å². The predicted molar refractivity (Wildman–Crippen MR) is 92.2 cm³/mol. The van der Waals surface area contributed by atoms with Gasteiger partial charge in [0.2, 0.25) is 5.91 Å². The van der Waals surface area contributed by atoms with Gasteiger partial charge in [-0.25, -0.2) is 12.8 Å². The lowest BCUT2D eigenvalue weighted by Gasteiger charge is -2.09. The zero-order valence-electron chi connectivity index (χ0n) is 13.7. The van der Waals surface area contributed by atoms with Crippen molar-refractivity contribution in [3.63, 3.8) is 0 Å². The number of sulfone groups is 1. The normalized spacial score (nSPS) is 19.0. The lowest BCUT2D eigenvalue weighted by atomic mass is 10.1. The van der Waals surface area contributed by atoms with Crippen molar-refractivity contribution in [2.45, 2.75) is 19.3 Å². The summed E-state index contributed by atoms with van der Waals surface area (Å²) in [5, 5.41) is 2.78.